The summed E-state index contributed by atoms with van der Waals surface area (Å²) in [6.45, 7) is 1.72. The Kier molecular flexibility index (Phi) is 4.20. The Morgan fingerprint density at radius 3 is 2.47 bits per heavy atom. The standard InChI is InChI=1S/C11H18N4O2S.ClH/c1-7-11(6-12-14-7)18(16,17)15-10-4-8-2-3-9(5-10)13-8;/h6,8-10,13,15H,2-5H2,1H3,(H,12,14);1H. The van der Waals surface area contributed by atoms with Crippen molar-refractivity contribution < 1.29 is 8.42 Å². The third kappa shape index (κ3) is 2.94. The summed E-state index contributed by atoms with van der Waals surface area (Å²) in [5.74, 6) is 0. The second-order valence-electron chi connectivity index (χ2n) is 5.29. The van der Waals surface area contributed by atoms with Crippen LogP contribution >= 0.6 is 12.4 Å². The van der Waals surface area contributed by atoms with Crippen molar-refractivity contribution in [1.82, 2.24) is 20.2 Å². The number of sulfonamides is 1. The second-order valence-corrected chi connectivity index (χ2v) is 6.97. The molecule has 1 aromatic heterocycles. The smallest absolute Gasteiger partial charge is 0.244 e. The summed E-state index contributed by atoms with van der Waals surface area (Å²) in [5.41, 5.74) is 0.583. The molecule has 2 atom stereocenters. The topological polar surface area (TPSA) is 86.9 Å². The Labute approximate surface area is 119 Å². The van der Waals surface area contributed by atoms with Gasteiger partial charge in [0.15, 0.2) is 0 Å². The fraction of sp³-hybridized carbons (Fsp3) is 0.727. The highest BCUT2D eigenvalue weighted by Gasteiger charge is 2.35. The van der Waals surface area contributed by atoms with Crippen molar-refractivity contribution in [2.45, 2.75) is 55.6 Å². The highest BCUT2D eigenvalue weighted by Crippen LogP contribution is 2.27. The van der Waals surface area contributed by atoms with Gasteiger partial charge in [0.05, 0.1) is 11.9 Å². The molecule has 0 aromatic carbocycles. The van der Waals surface area contributed by atoms with Crippen LogP contribution in [0.25, 0.3) is 0 Å². The van der Waals surface area contributed by atoms with Gasteiger partial charge in [0.1, 0.15) is 4.90 Å². The number of hydrogen-bond acceptors (Lipinski definition) is 4. The monoisotopic (exact) mass is 306 g/mol. The lowest BCUT2D eigenvalue weighted by atomic mass is 10.0. The summed E-state index contributed by atoms with van der Waals surface area (Å²) in [6, 6.07) is 0.992. The minimum Gasteiger partial charge on any atom is -0.311 e. The molecule has 0 amide bonds. The van der Waals surface area contributed by atoms with Gasteiger partial charge < -0.3 is 5.32 Å². The Morgan fingerprint density at radius 1 is 1.32 bits per heavy atom. The summed E-state index contributed by atoms with van der Waals surface area (Å²) in [7, 11) is -3.44. The molecule has 2 saturated heterocycles. The molecular formula is C11H19ClN4O2S. The second kappa shape index (κ2) is 5.40. The van der Waals surface area contributed by atoms with E-state index < -0.39 is 10.0 Å². The van der Waals surface area contributed by atoms with Crippen molar-refractivity contribution in [3.63, 3.8) is 0 Å². The number of fused-ring (bicyclic) bond motifs is 2. The molecule has 3 rings (SSSR count). The van der Waals surface area contributed by atoms with Crippen molar-refractivity contribution >= 4 is 22.4 Å². The molecule has 3 heterocycles. The van der Waals surface area contributed by atoms with Gasteiger partial charge in [-0.3, -0.25) is 5.10 Å². The fourth-order valence-corrected chi connectivity index (χ4v) is 4.45. The normalized spacial score (nSPS) is 30.1. The van der Waals surface area contributed by atoms with Gasteiger partial charge in [0.2, 0.25) is 10.0 Å². The first kappa shape index (κ1) is 14.8. The van der Waals surface area contributed by atoms with Crippen LogP contribution in [-0.4, -0.2) is 36.7 Å². The summed E-state index contributed by atoms with van der Waals surface area (Å²) in [4.78, 5) is 0.258. The molecule has 2 aliphatic heterocycles. The van der Waals surface area contributed by atoms with Gasteiger partial charge in [0, 0.05) is 18.1 Å². The third-order valence-electron chi connectivity index (χ3n) is 3.87. The average molecular weight is 307 g/mol. The maximum absolute atomic E-state index is 12.2. The summed E-state index contributed by atoms with van der Waals surface area (Å²) in [6.07, 6.45) is 5.45. The predicted octanol–water partition coefficient (Wildman–Crippen LogP) is 0.701. The number of nitrogens with one attached hydrogen (secondary N) is 3. The average Bonchev–Trinajstić information content (AvgIpc) is 2.85. The number of rotatable bonds is 3. The van der Waals surface area contributed by atoms with E-state index in [0.717, 1.165) is 25.7 Å². The molecule has 2 bridgehead atoms. The number of aromatic amines is 1. The highest BCUT2D eigenvalue weighted by atomic mass is 35.5. The van der Waals surface area contributed by atoms with Crippen LogP contribution in [0.4, 0.5) is 0 Å². The molecule has 8 heteroatoms. The molecule has 0 saturated carbocycles. The number of aryl methyl sites for hydroxylation is 1. The van der Waals surface area contributed by atoms with Crippen LogP contribution in [0.5, 0.6) is 0 Å². The number of H-pyrrole nitrogens is 1. The van der Waals surface area contributed by atoms with Gasteiger partial charge >= 0.3 is 0 Å². The van der Waals surface area contributed by atoms with Crippen molar-refractivity contribution in [1.29, 1.82) is 0 Å². The molecule has 0 radical (unpaired) electrons. The van der Waals surface area contributed by atoms with Crippen LogP contribution < -0.4 is 10.0 Å². The fourth-order valence-electron chi connectivity index (χ4n) is 3.05. The number of piperidine rings is 1. The minimum absolute atomic E-state index is 0. The zero-order valence-electron chi connectivity index (χ0n) is 10.7. The van der Waals surface area contributed by atoms with Gasteiger partial charge in [-0.05, 0) is 32.6 Å². The van der Waals surface area contributed by atoms with Crippen LogP contribution in [-0.2, 0) is 10.0 Å². The molecule has 108 valence electrons. The molecule has 6 nitrogen and oxygen atoms in total. The molecule has 0 spiro atoms. The predicted molar refractivity (Wildman–Crippen MR) is 73.9 cm³/mol. The minimum atomic E-state index is -3.44. The third-order valence-corrected chi connectivity index (χ3v) is 5.50. The van der Waals surface area contributed by atoms with Crippen molar-refractivity contribution in [2.75, 3.05) is 0 Å². The van der Waals surface area contributed by atoms with Gasteiger partial charge in [-0.15, -0.1) is 12.4 Å². The lowest BCUT2D eigenvalue weighted by Crippen LogP contribution is -2.47. The van der Waals surface area contributed by atoms with Gasteiger partial charge in [-0.25, -0.2) is 13.1 Å². The number of nitrogens with zero attached hydrogens (tertiary/aromatic N) is 1. The maximum Gasteiger partial charge on any atom is 0.244 e. The first-order valence-corrected chi connectivity index (χ1v) is 7.81. The zero-order valence-corrected chi connectivity index (χ0v) is 12.4. The van der Waals surface area contributed by atoms with E-state index in [1.807, 2.05) is 0 Å². The maximum atomic E-state index is 12.2. The molecule has 3 N–H and O–H groups in total. The Hall–Kier alpha value is -0.630. The van der Waals surface area contributed by atoms with E-state index in [2.05, 4.69) is 20.2 Å². The lowest BCUT2D eigenvalue weighted by molar-refractivity contribution is 0.345. The van der Waals surface area contributed by atoms with Gasteiger partial charge in [-0.1, -0.05) is 0 Å². The molecule has 2 unspecified atom stereocenters. The zero-order chi connectivity index (χ0) is 12.8. The van der Waals surface area contributed by atoms with E-state index in [1.165, 1.54) is 6.20 Å². The molecule has 19 heavy (non-hydrogen) atoms. The van der Waals surface area contributed by atoms with Crippen LogP contribution in [0, 0.1) is 6.92 Å². The molecule has 0 aliphatic carbocycles. The first-order valence-electron chi connectivity index (χ1n) is 6.33. The van der Waals surface area contributed by atoms with Crippen molar-refractivity contribution in [3.8, 4) is 0 Å². The largest absolute Gasteiger partial charge is 0.311 e. The number of aromatic nitrogens is 2. The van der Waals surface area contributed by atoms with Gasteiger partial charge in [-0.2, -0.15) is 5.10 Å². The van der Waals surface area contributed by atoms with E-state index in [4.69, 9.17) is 0 Å². The quantitative estimate of drug-likeness (QED) is 0.767. The van der Waals surface area contributed by atoms with Crippen LogP contribution in [0.3, 0.4) is 0 Å². The highest BCUT2D eigenvalue weighted by molar-refractivity contribution is 7.89. The molecule has 2 aliphatic rings. The summed E-state index contributed by atoms with van der Waals surface area (Å²) < 4.78 is 27.3. The van der Waals surface area contributed by atoms with Crippen molar-refractivity contribution in [3.05, 3.63) is 11.9 Å². The Balaban J connectivity index is 0.00000133. The van der Waals surface area contributed by atoms with Crippen LogP contribution in [0.1, 0.15) is 31.4 Å². The van der Waals surface area contributed by atoms with Crippen LogP contribution in [0.2, 0.25) is 0 Å². The first-order chi connectivity index (χ1) is 8.54. The molecule has 1 aromatic rings. The van der Waals surface area contributed by atoms with Crippen LogP contribution in [0.15, 0.2) is 11.1 Å². The number of halogens is 1. The SMILES string of the molecule is Cc1[nH]ncc1S(=O)(=O)NC1CC2CCC(C1)N2.Cl. The summed E-state index contributed by atoms with van der Waals surface area (Å²) >= 11 is 0. The van der Waals surface area contributed by atoms with E-state index in [0.29, 0.717) is 17.8 Å². The Morgan fingerprint density at radius 2 is 1.95 bits per heavy atom. The van der Waals surface area contributed by atoms with Crippen molar-refractivity contribution in [2.24, 2.45) is 0 Å². The molecule has 2 fully saturated rings. The van der Waals surface area contributed by atoms with E-state index >= 15 is 0 Å². The summed E-state index contributed by atoms with van der Waals surface area (Å²) in [5, 5.41) is 9.93. The Bertz CT molecular complexity index is 533. The molecular weight excluding hydrogens is 288 g/mol. The van der Waals surface area contributed by atoms with E-state index in [1.54, 1.807) is 6.92 Å². The number of hydrogen-bond donors (Lipinski definition) is 3. The lowest BCUT2D eigenvalue weighted by Gasteiger charge is -2.29. The van der Waals surface area contributed by atoms with Gasteiger partial charge in [0.25, 0.3) is 0 Å². The van der Waals surface area contributed by atoms with E-state index in [9.17, 15) is 8.42 Å². The van der Waals surface area contributed by atoms with E-state index in [-0.39, 0.29) is 23.3 Å².